The molecule has 4 nitrogen and oxygen atoms in total. The number of nitrogens with zero attached hydrogens (tertiary/aromatic N) is 1. The number of halogens is 1. The van der Waals surface area contributed by atoms with Gasteiger partial charge >= 0.3 is 0 Å². The number of amides is 1. The number of pyridine rings is 1. The Balaban J connectivity index is 2.60. The molecule has 1 aromatic carbocycles. The highest BCUT2D eigenvalue weighted by molar-refractivity contribution is 6.31. The van der Waals surface area contributed by atoms with Gasteiger partial charge in [-0.3, -0.25) is 9.59 Å². The first-order chi connectivity index (χ1) is 12.4. The van der Waals surface area contributed by atoms with E-state index in [0.717, 1.165) is 41.8 Å². The molecule has 0 aliphatic rings. The maximum absolute atomic E-state index is 13.1. The van der Waals surface area contributed by atoms with E-state index in [1.807, 2.05) is 36.7 Å². The predicted molar refractivity (Wildman–Crippen MR) is 109 cm³/mol. The largest absolute Gasteiger partial charge is 0.349 e. The van der Waals surface area contributed by atoms with Gasteiger partial charge in [-0.2, -0.15) is 0 Å². The Labute approximate surface area is 160 Å². The molecule has 0 unspecified atom stereocenters. The molecule has 0 aliphatic heterocycles. The van der Waals surface area contributed by atoms with Gasteiger partial charge in [0.15, 0.2) is 0 Å². The average molecular weight is 375 g/mol. The maximum Gasteiger partial charge on any atom is 0.261 e. The van der Waals surface area contributed by atoms with Gasteiger partial charge in [-0.15, -0.1) is 0 Å². The summed E-state index contributed by atoms with van der Waals surface area (Å²) in [6, 6.07) is 6.00. The van der Waals surface area contributed by atoms with Crippen molar-refractivity contribution in [3.8, 4) is 0 Å². The van der Waals surface area contributed by atoms with Gasteiger partial charge in [0.1, 0.15) is 10.6 Å². The van der Waals surface area contributed by atoms with Gasteiger partial charge in [-0.1, -0.05) is 57.0 Å². The van der Waals surface area contributed by atoms with Gasteiger partial charge in [0, 0.05) is 24.1 Å². The van der Waals surface area contributed by atoms with E-state index < -0.39 is 5.43 Å². The summed E-state index contributed by atoms with van der Waals surface area (Å²) in [6.45, 7) is 7.92. The van der Waals surface area contributed by atoms with Gasteiger partial charge in [0.2, 0.25) is 5.43 Å². The Morgan fingerprint density at radius 2 is 1.73 bits per heavy atom. The summed E-state index contributed by atoms with van der Waals surface area (Å²) in [5.41, 5.74) is 4.09. The molecular formula is C21H27ClN2O2. The molecule has 2 aromatic rings. The second kappa shape index (κ2) is 8.54. The molecule has 2 rings (SSSR count). The van der Waals surface area contributed by atoms with E-state index in [-0.39, 0.29) is 16.5 Å². The molecule has 0 saturated heterocycles. The molecule has 1 heterocycles. The zero-order valence-corrected chi connectivity index (χ0v) is 17.0. The van der Waals surface area contributed by atoms with Crippen LogP contribution in [0.1, 0.15) is 60.1 Å². The minimum atomic E-state index is -0.393. The molecule has 1 N–H and O–H groups in total. The average Bonchev–Trinajstić information content (AvgIpc) is 2.64. The number of aryl methyl sites for hydroxylation is 2. The molecule has 140 valence electrons. The molecule has 0 fully saturated rings. The van der Waals surface area contributed by atoms with Crippen LogP contribution in [-0.2, 0) is 26.3 Å². The fourth-order valence-electron chi connectivity index (χ4n) is 3.27. The lowest BCUT2D eigenvalue weighted by Crippen LogP contribution is -2.29. The molecule has 26 heavy (non-hydrogen) atoms. The van der Waals surface area contributed by atoms with E-state index in [2.05, 4.69) is 19.2 Å². The zero-order valence-electron chi connectivity index (χ0n) is 16.2. The lowest BCUT2D eigenvalue weighted by atomic mass is 10.0. The third kappa shape index (κ3) is 3.70. The van der Waals surface area contributed by atoms with Crippen LogP contribution >= 0.6 is 11.6 Å². The molecule has 0 radical (unpaired) electrons. The van der Waals surface area contributed by atoms with Crippen LogP contribution in [0.4, 0.5) is 5.69 Å². The van der Waals surface area contributed by atoms with Crippen molar-refractivity contribution in [3.63, 3.8) is 0 Å². The van der Waals surface area contributed by atoms with Gasteiger partial charge in [-0.05, 0) is 37.3 Å². The number of benzene rings is 1. The van der Waals surface area contributed by atoms with Crippen LogP contribution in [0.25, 0.3) is 0 Å². The van der Waals surface area contributed by atoms with Crippen molar-refractivity contribution >= 4 is 23.2 Å². The SMILES string of the molecule is CCCc1c(C(=O)Nc2c(CC)cccc2CC)c(=O)c(Cl)c(C)n1C. The van der Waals surface area contributed by atoms with Crippen LogP contribution in [0.5, 0.6) is 0 Å². The molecule has 1 amide bonds. The lowest BCUT2D eigenvalue weighted by Gasteiger charge is -2.19. The summed E-state index contributed by atoms with van der Waals surface area (Å²) in [5.74, 6) is -0.383. The van der Waals surface area contributed by atoms with Crippen LogP contribution in [0.3, 0.4) is 0 Å². The van der Waals surface area contributed by atoms with E-state index >= 15 is 0 Å². The van der Waals surface area contributed by atoms with Crippen LogP contribution in [-0.4, -0.2) is 10.5 Å². The van der Waals surface area contributed by atoms with Crippen molar-refractivity contribution in [1.29, 1.82) is 0 Å². The number of rotatable bonds is 6. The minimum absolute atomic E-state index is 0.108. The third-order valence-corrected chi connectivity index (χ3v) is 5.34. The van der Waals surface area contributed by atoms with Gasteiger partial charge in [0.05, 0.1) is 0 Å². The van der Waals surface area contributed by atoms with Crippen LogP contribution < -0.4 is 10.7 Å². The molecule has 0 atom stereocenters. The number of hydrogen-bond acceptors (Lipinski definition) is 2. The maximum atomic E-state index is 13.1. The number of carbonyl (C=O) groups excluding carboxylic acids is 1. The summed E-state index contributed by atoms with van der Waals surface area (Å²) in [4.78, 5) is 25.9. The fourth-order valence-corrected chi connectivity index (χ4v) is 3.49. The molecule has 0 spiro atoms. The minimum Gasteiger partial charge on any atom is -0.349 e. The summed E-state index contributed by atoms with van der Waals surface area (Å²) < 4.78 is 1.86. The first-order valence-corrected chi connectivity index (χ1v) is 9.55. The summed E-state index contributed by atoms with van der Waals surface area (Å²) in [6.07, 6.45) is 3.08. The monoisotopic (exact) mass is 374 g/mol. The molecule has 5 heteroatoms. The Kier molecular flexibility index (Phi) is 6.65. The highest BCUT2D eigenvalue weighted by Crippen LogP contribution is 2.24. The van der Waals surface area contributed by atoms with E-state index in [1.165, 1.54) is 0 Å². The van der Waals surface area contributed by atoms with E-state index in [1.54, 1.807) is 6.92 Å². The zero-order chi connectivity index (χ0) is 19.4. The highest BCUT2D eigenvalue weighted by Gasteiger charge is 2.23. The summed E-state index contributed by atoms with van der Waals surface area (Å²) >= 11 is 6.21. The second-order valence-corrected chi connectivity index (χ2v) is 6.85. The summed E-state index contributed by atoms with van der Waals surface area (Å²) in [7, 11) is 1.85. The fraction of sp³-hybridized carbons (Fsp3) is 0.429. The van der Waals surface area contributed by atoms with Gasteiger partial charge in [-0.25, -0.2) is 0 Å². The smallest absolute Gasteiger partial charge is 0.261 e. The van der Waals surface area contributed by atoms with Crippen molar-refractivity contribution in [2.75, 3.05) is 5.32 Å². The number of carbonyl (C=O) groups is 1. The van der Waals surface area contributed by atoms with Crippen molar-refractivity contribution in [2.45, 2.75) is 53.4 Å². The Morgan fingerprint density at radius 3 is 2.23 bits per heavy atom. The quantitative estimate of drug-likeness (QED) is 0.798. The standard InChI is InChI=1S/C21H27ClN2O2/c1-6-10-16-17(20(25)18(22)13(4)24(16)5)21(26)23-19-14(7-2)11-9-12-15(19)8-3/h9,11-12H,6-8,10H2,1-5H3,(H,23,26). The first-order valence-electron chi connectivity index (χ1n) is 9.17. The first kappa shape index (κ1) is 20.2. The molecule has 0 saturated carbocycles. The van der Waals surface area contributed by atoms with Crippen molar-refractivity contribution in [1.82, 2.24) is 4.57 Å². The van der Waals surface area contributed by atoms with Gasteiger partial charge < -0.3 is 9.88 Å². The number of hydrogen-bond donors (Lipinski definition) is 1. The van der Waals surface area contributed by atoms with Crippen LogP contribution in [0.2, 0.25) is 5.02 Å². The lowest BCUT2D eigenvalue weighted by molar-refractivity contribution is 0.102. The Morgan fingerprint density at radius 1 is 1.15 bits per heavy atom. The topological polar surface area (TPSA) is 51.1 Å². The molecule has 1 aromatic heterocycles. The van der Waals surface area contributed by atoms with Crippen LogP contribution in [0, 0.1) is 6.92 Å². The van der Waals surface area contributed by atoms with Crippen LogP contribution in [0.15, 0.2) is 23.0 Å². The van der Waals surface area contributed by atoms with Crippen molar-refractivity contribution in [2.24, 2.45) is 7.05 Å². The number of nitrogens with one attached hydrogen (secondary N) is 1. The van der Waals surface area contributed by atoms with Gasteiger partial charge in [0.25, 0.3) is 5.91 Å². The molecule has 0 aliphatic carbocycles. The normalized spacial score (nSPS) is 10.8. The number of aromatic nitrogens is 1. The van der Waals surface area contributed by atoms with E-state index in [9.17, 15) is 9.59 Å². The third-order valence-electron chi connectivity index (χ3n) is 4.89. The number of anilines is 1. The van der Waals surface area contributed by atoms with Crippen molar-refractivity contribution in [3.05, 3.63) is 61.5 Å². The Hall–Kier alpha value is -2.07. The summed E-state index contributed by atoms with van der Waals surface area (Å²) in [5, 5.41) is 3.11. The van der Waals surface area contributed by atoms with E-state index in [4.69, 9.17) is 11.6 Å². The van der Waals surface area contributed by atoms with E-state index in [0.29, 0.717) is 12.1 Å². The molecular weight excluding hydrogens is 348 g/mol. The predicted octanol–water partition coefficient (Wildman–Crippen LogP) is 4.68. The Bertz CT molecular complexity index is 862. The highest BCUT2D eigenvalue weighted by atomic mass is 35.5. The number of para-hydroxylation sites is 1. The second-order valence-electron chi connectivity index (χ2n) is 6.47. The molecule has 0 bridgehead atoms. The van der Waals surface area contributed by atoms with Crippen molar-refractivity contribution < 1.29 is 4.79 Å².